The topological polar surface area (TPSA) is 50.3 Å². The van der Waals surface area contributed by atoms with Crippen LogP contribution in [0.3, 0.4) is 0 Å². The van der Waals surface area contributed by atoms with Gasteiger partial charge in [0, 0.05) is 11.9 Å². The van der Waals surface area contributed by atoms with E-state index in [0.717, 1.165) is 10.6 Å². The first-order chi connectivity index (χ1) is 8.84. The van der Waals surface area contributed by atoms with E-state index in [1.54, 1.807) is 18.2 Å². The molecule has 0 aliphatic heterocycles. The second-order valence-electron chi connectivity index (χ2n) is 4.04. The fourth-order valence-electron chi connectivity index (χ4n) is 1.49. The van der Waals surface area contributed by atoms with Crippen LogP contribution in [0, 0.1) is 13.8 Å². The Morgan fingerprint density at radius 2 is 1.89 bits per heavy atom. The summed E-state index contributed by atoms with van der Waals surface area (Å²) < 4.78 is 26.1. The minimum absolute atomic E-state index is 0.0877. The van der Waals surface area contributed by atoms with Gasteiger partial charge in [-0.25, -0.2) is 17.7 Å². The highest BCUT2D eigenvalue weighted by Crippen LogP contribution is 2.30. The van der Waals surface area contributed by atoms with E-state index in [4.69, 9.17) is 11.6 Å². The number of rotatable bonds is 3. The number of hydrogen-bond acceptors (Lipinski definition) is 4. The minimum atomic E-state index is -3.68. The van der Waals surface area contributed by atoms with Gasteiger partial charge in [-0.2, -0.15) is 0 Å². The van der Waals surface area contributed by atoms with E-state index >= 15 is 0 Å². The van der Waals surface area contributed by atoms with Gasteiger partial charge in [-0.3, -0.25) is 0 Å². The predicted molar refractivity (Wildman–Crippen MR) is 78.6 cm³/mol. The molecule has 0 amide bonds. The van der Waals surface area contributed by atoms with Crippen LogP contribution in [0.5, 0.6) is 0 Å². The Morgan fingerprint density at radius 3 is 2.42 bits per heavy atom. The number of anilines is 1. The summed E-state index contributed by atoms with van der Waals surface area (Å²) in [4.78, 5) is 5.34. The molecular formula is C12H13ClN2O2S2. The molecule has 1 aromatic heterocycles. The molecular weight excluding hydrogens is 304 g/mol. The van der Waals surface area contributed by atoms with Gasteiger partial charge in [0.2, 0.25) is 0 Å². The summed E-state index contributed by atoms with van der Waals surface area (Å²) in [6, 6.07) is 6.38. The van der Waals surface area contributed by atoms with Gasteiger partial charge in [0.15, 0.2) is 5.13 Å². The molecule has 0 saturated heterocycles. The molecule has 0 fully saturated rings. The summed E-state index contributed by atoms with van der Waals surface area (Å²) in [6.45, 7) is 3.76. The monoisotopic (exact) mass is 316 g/mol. The van der Waals surface area contributed by atoms with E-state index in [-0.39, 0.29) is 9.92 Å². The Labute approximate surface area is 121 Å². The smallest absolute Gasteiger partial charge is 0.244 e. The maximum Gasteiger partial charge on any atom is 0.267 e. The summed E-state index contributed by atoms with van der Waals surface area (Å²) in [5.41, 5.74) is 0.834. The number of benzene rings is 1. The number of aryl methyl sites for hydroxylation is 2. The highest BCUT2D eigenvalue weighted by molar-refractivity contribution is 7.93. The van der Waals surface area contributed by atoms with Crippen molar-refractivity contribution in [3.63, 3.8) is 0 Å². The van der Waals surface area contributed by atoms with Crippen LogP contribution in [0.1, 0.15) is 10.6 Å². The average molecular weight is 317 g/mol. The van der Waals surface area contributed by atoms with Gasteiger partial charge < -0.3 is 0 Å². The zero-order valence-corrected chi connectivity index (χ0v) is 13.1. The van der Waals surface area contributed by atoms with Crippen LogP contribution in [-0.4, -0.2) is 20.4 Å². The molecule has 0 radical (unpaired) electrons. The molecule has 0 aliphatic carbocycles. The summed E-state index contributed by atoms with van der Waals surface area (Å²) >= 11 is 7.30. The van der Waals surface area contributed by atoms with E-state index in [0.29, 0.717) is 5.13 Å². The lowest BCUT2D eigenvalue weighted by molar-refractivity contribution is 0.594. The molecule has 0 aliphatic rings. The molecule has 1 heterocycles. The van der Waals surface area contributed by atoms with Gasteiger partial charge in [0.25, 0.3) is 10.0 Å². The first kappa shape index (κ1) is 14.3. The molecule has 1 aromatic carbocycles. The molecule has 102 valence electrons. The fourth-order valence-corrected chi connectivity index (χ4v) is 4.21. The van der Waals surface area contributed by atoms with Crippen LogP contribution in [0.15, 0.2) is 29.2 Å². The van der Waals surface area contributed by atoms with Crippen molar-refractivity contribution in [1.29, 1.82) is 0 Å². The van der Waals surface area contributed by atoms with Gasteiger partial charge >= 0.3 is 0 Å². The third kappa shape index (κ3) is 2.61. The van der Waals surface area contributed by atoms with Crippen molar-refractivity contribution in [3.05, 3.63) is 39.9 Å². The molecule has 7 heteroatoms. The fraction of sp³-hybridized carbons (Fsp3) is 0.250. The zero-order chi connectivity index (χ0) is 14.2. The lowest BCUT2D eigenvalue weighted by Gasteiger charge is -2.16. The van der Waals surface area contributed by atoms with E-state index < -0.39 is 10.0 Å². The number of hydrogen-bond donors (Lipinski definition) is 0. The van der Waals surface area contributed by atoms with Gasteiger partial charge in [-0.1, -0.05) is 23.7 Å². The lowest BCUT2D eigenvalue weighted by Crippen LogP contribution is -2.26. The van der Waals surface area contributed by atoms with Crippen molar-refractivity contribution in [2.45, 2.75) is 18.7 Å². The normalized spacial score (nSPS) is 11.6. The largest absolute Gasteiger partial charge is 0.267 e. The van der Waals surface area contributed by atoms with E-state index in [9.17, 15) is 8.42 Å². The molecule has 2 aromatic rings. The highest BCUT2D eigenvalue weighted by atomic mass is 35.5. The molecule has 2 rings (SSSR count). The minimum Gasteiger partial charge on any atom is -0.244 e. The predicted octanol–water partition coefficient (Wildman–Crippen LogP) is 3.24. The van der Waals surface area contributed by atoms with Crippen molar-refractivity contribution in [1.82, 2.24) is 4.98 Å². The standard InChI is InChI=1S/C12H13ClN2O2S2/c1-8-9(2)18-12(14-8)15(3)19(16,17)11-7-5-4-6-10(11)13/h4-7H,1-3H3. The molecule has 19 heavy (non-hydrogen) atoms. The third-order valence-electron chi connectivity index (χ3n) is 2.76. The molecule has 0 spiro atoms. The van der Waals surface area contributed by atoms with Gasteiger partial charge in [-0.15, -0.1) is 11.3 Å². The second kappa shape index (κ2) is 5.11. The van der Waals surface area contributed by atoms with Gasteiger partial charge in [-0.05, 0) is 26.0 Å². The highest BCUT2D eigenvalue weighted by Gasteiger charge is 2.26. The number of halogens is 1. The van der Waals surface area contributed by atoms with Crippen molar-refractivity contribution in [2.75, 3.05) is 11.4 Å². The maximum atomic E-state index is 12.5. The maximum absolute atomic E-state index is 12.5. The number of thiazole rings is 1. The Balaban J connectivity index is 2.48. The molecule has 0 saturated carbocycles. The molecule has 0 N–H and O–H groups in total. The molecule has 4 nitrogen and oxygen atoms in total. The Kier molecular flexibility index (Phi) is 3.85. The quantitative estimate of drug-likeness (QED) is 0.873. The van der Waals surface area contributed by atoms with E-state index in [1.165, 1.54) is 28.8 Å². The number of aromatic nitrogens is 1. The second-order valence-corrected chi connectivity index (χ2v) is 7.57. The van der Waals surface area contributed by atoms with Crippen LogP contribution in [0.2, 0.25) is 5.02 Å². The zero-order valence-electron chi connectivity index (χ0n) is 10.7. The first-order valence-electron chi connectivity index (χ1n) is 5.51. The van der Waals surface area contributed by atoms with Crippen molar-refractivity contribution in [3.8, 4) is 0 Å². The third-order valence-corrected chi connectivity index (χ3v) is 6.27. The summed E-state index contributed by atoms with van der Waals surface area (Å²) in [6.07, 6.45) is 0. The van der Waals surface area contributed by atoms with Crippen LogP contribution in [0.4, 0.5) is 5.13 Å². The Hall–Kier alpha value is -1.11. The van der Waals surface area contributed by atoms with E-state index in [1.807, 2.05) is 13.8 Å². The summed E-state index contributed by atoms with van der Waals surface area (Å²) in [5.74, 6) is 0. The summed E-state index contributed by atoms with van der Waals surface area (Å²) in [5, 5.41) is 0.647. The van der Waals surface area contributed by atoms with Gasteiger partial charge in [0.1, 0.15) is 4.90 Å². The van der Waals surface area contributed by atoms with E-state index in [2.05, 4.69) is 4.98 Å². The lowest BCUT2D eigenvalue weighted by atomic mass is 10.4. The number of nitrogens with zero attached hydrogens (tertiary/aromatic N) is 2. The van der Waals surface area contributed by atoms with Crippen LogP contribution >= 0.6 is 22.9 Å². The van der Waals surface area contributed by atoms with Crippen LogP contribution in [-0.2, 0) is 10.0 Å². The molecule has 0 unspecified atom stereocenters. The Bertz CT molecular complexity index is 691. The summed E-state index contributed by atoms with van der Waals surface area (Å²) in [7, 11) is -2.19. The average Bonchev–Trinajstić information content (AvgIpc) is 2.69. The molecule has 0 bridgehead atoms. The van der Waals surface area contributed by atoms with Crippen molar-refractivity contribution in [2.24, 2.45) is 0 Å². The van der Waals surface area contributed by atoms with Gasteiger partial charge in [0.05, 0.1) is 10.7 Å². The van der Waals surface area contributed by atoms with Crippen LogP contribution < -0.4 is 4.31 Å². The van der Waals surface area contributed by atoms with Crippen LogP contribution in [0.25, 0.3) is 0 Å². The SMILES string of the molecule is Cc1nc(N(C)S(=O)(=O)c2ccccc2Cl)sc1C. The first-order valence-corrected chi connectivity index (χ1v) is 8.15. The van der Waals surface area contributed by atoms with Crippen molar-refractivity contribution < 1.29 is 8.42 Å². The van der Waals surface area contributed by atoms with Crippen molar-refractivity contribution >= 4 is 38.1 Å². The Morgan fingerprint density at radius 1 is 1.26 bits per heavy atom. The molecule has 0 atom stereocenters. The number of sulfonamides is 1.